The third-order valence-corrected chi connectivity index (χ3v) is 2.64. The van der Waals surface area contributed by atoms with Crippen LogP contribution in [-0.2, 0) is 0 Å². The molecule has 2 aromatic rings. The third-order valence-electron chi connectivity index (χ3n) is 2.64. The van der Waals surface area contributed by atoms with Gasteiger partial charge < -0.3 is 24.5 Å². The molecule has 7 nitrogen and oxygen atoms in total. The lowest BCUT2D eigenvalue weighted by Gasteiger charge is -2.08. The lowest BCUT2D eigenvalue weighted by Crippen LogP contribution is -2.26. The summed E-state index contributed by atoms with van der Waals surface area (Å²) in [6, 6.07) is 11.0. The van der Waals surface area contributed by atoms with E-state index < -0.39 is 12.3 Å². The van der Waals surface area contributed by atoms with Crippen molar-refractivity contribution in [1.82, 2.24) is 0 Å². The smallest absolute Gasteiger partial charge is 0.511 e. The van der Waals surface area contributed by atoms with Crippen molar-refractivity contribution in [3.63, 3.8) is 0 Å². The number of rotatable bonds is 4. The molecule has 7 heteroatoms. The van der Waals surface area contributed by atoms with Crippen molar-refractivity contribution in [3.8, 4) is 11.5 Å². The van der Waals surface area contributed by atoms with Crippen molar-refractivity contribution in [3.05, 3.63) is 59.7 Å². The van der Waals surface area contributed by atoms with Crippen molar-refractivity contribution >= 4 is 18.1 Å². The zero-order valence-corrected chi connectivity index (χ0v) is 11.0. The topological polar surface area (TPSA) is 113 Å². The van der Waals surface area contributed by atoms with Crippen LogP contribution in [0.1, 0.15) is 15.9 Å². The monoisotopic (exact) mass is 301 g/mol. The molecule has 0 aliphatic heterocycles. The summed E-state index contributed by atoms with van der Waals surface area (Å²) in [6.45, 7) is 0. The summed E-state index contributed by atoms with van der Waals surface area (Å²) in [4.78, 5) is 32.8. The van der Waals surface area contributed by atoms with E-state index in [9.17, 15) is 19.5 Å². The predicted octanol–water partition coefficient (Wildman–Crippen LogP) is 1.70. The van der Waals surface area contributed by atoms with Crippen LogP contribution in [0.15, 0.2) is 48.5 Å². The van der Waals surface area contributed by atoms with E-state index in [1.165, 1.54) is 48.5 Å². The molecule has 0 aliphatic rings. The van der Waals surface area contributed by atoms with Crippen LogP contribution in [0.3, 0.4) is 0 Å². The molecular weight excluding hydrogens is 292 g/mol. The Morgan fingerprint density at radius 1 is 0.773 bits per heavy atom. The molecule has 0 aliphatic carbocycles. The SMILES string of the molecule is O=C([O-])Oc1ccc(C(=O)c2ccc(OC(=O)O)cc2)cc1. The van der Waals surface area contributed by atoms with Gasteiger partial charge in [0.15, 0.2) is 5.78 Å². The van der Waals surface area contributed by atoms with Crippen LogP contribution < -0.4 is 14.6 Å². The van der Waals surface area contributed by atoms with Crippen LogP contribution in [0.4, 0.5) is 9.59 Å². The highest BCUT2D eigenvalue weighted by Crippen LogP contribution is 2.18. The van der Waals surface area contributed by atoms with Gasteiger partial charge in [0, 0.05) is 11.1 Å². The van der Waals surface area contributed by atoms with Gasteiger partial charge in [-0.05, 0) is 48.5 Å². The molecule has 0 amide bonds. The summed E-state index contributed by atoms with van der Waals surface area (Å²) in [5.74, 6) is -0.176. The molecule has 0 bridgehead atoms. The molecule has 112 valence electrons. The van der Waals surface area contributed by atoms with Gasteiger partial charge in [-0.2, -0.15) is 0 Å². The summed E-state index contributed by atoms with van der Waals surface area (Å²) < 4.78 is 8.76. The second kappa shape index (κ2) is 6.40. The lowest BCUT2D eigenvalue weighted by atomic mass is 10.0. The number of benzene rings is 2. The number of hydrogen-bond acceptors (Lipinski definition) is 6. The van der Waals surface area contributed by atoms with E-state index in [0.29, 0.717) is 11.1 Å². The maximum Gasteiger partial charge on any atom is 0.511 e. The van der Waals surface area contributed by atoms with Crippen molar-refractivity contribution in [2.24, 2.45) is 0 Å². The van der Waals surface area contributed by atoms with Gasteiger partial charge in [0.25, 0.3) is 6.16 Å². The van der Waals surface area contributed by atoms with Gasteiger partial charge in [-0.25, -0.2) is 4.79 Å². The summed E-state index contributed by atoms with van der Waals surface area (Å²) in [5.41, 5.74) is 0.643. The molecule has 0 saturated carbocycles. The quantitative estimate of drug-likeness (QED) is 0.519. The first-order chi connectivity index (χ1) is 10.5. The molecular formula is C15H9O7-. The van der Waals surface area contributed by atoms with Gasteiger partial charge in [0.05, 0.1) is 5.75 Å². The maximum atomic E-state index is 12.2. The molecule has 1 N–H and O–H groups in total. The zero-order chi connectivity index (χ0) is 16.1. The molecule has 22 heavy (non-hydrogen) atoms. The van der Waals surface area contributed by atoms with Crippen molar-refractivity contribution in [2.75, 3.05) is 0 Å². The number of ether oxygens (including phenoxy) is 2. The van der Waals surface area contributed by atoms with Crippen LogP contribution in [0.5, 0.6) is 11.5 Å². The highest BCUT2D eigenvalue weighted by atomic mass is 16.7. The number of carboxylic acid groups (broad SMARTS) is 2. The number of carbonyl (C=O) groups is 3. The van der Waals surface area contributed by atoms with Crippen molar-refractivity contribution in [2.45, 2.75) is 0 Å². The molecule has 0 atom stereocenters. The first kappa shape index (κ1) is 15.0. The molecule has 2 aromatic carbocycles. The largest absolute Gasteiger partial charge is 0.514 e. The minimum Gasteiger partial charge on any atom is -0.514 e. The Morgan fingerprint density at radius 3 is 1.55 bits per heavy atom. The minimum absolute atomic E-state index is 0.0433. The number of hydrogen-bond donors (Lipinski definition) is 1. The molecule has 0 radical (unpaired) electrons. The maximum absolute atomic E-state index is 12.2. The molecule has 0 spiro atoms. The Bertz CT molecular complexity index is 640. The highest BCUT2D eigenvalue weighted by Gasteiger charge is 2.10. The van der Waals surface area contributed by atoms with E-state index in [1.807, 2.05) is 0 Å². The van der Waals surface area contributed by atoms with Gasteiger partial charge in [-0.3, -0.25) is 4.79 Å². The fourth-order valence-corrected chi connectivity index (χ4v) is 1.71. The number of ketones is 1. The summed E-state index contributed by atoms with van der Waals surface area (Å²) >= 11 is 0. The second-order valence-corrected chi connectivity index (χ2v) is 4.10. The molecule has 0 fully saturated rings. The molecule has 2 rings (SSSR count). The van der Waals surface area contributed by atoms with Gasteiger partial charge in [-0.1, -0.05) is 0 Å². The van der Waals surface area contributed by atoms with Gasteiger partial charge in [0.2, 0.25) is 0 Å². The first-order valence-corrected chi connectivity index (χ1v) is 6.00. The normalized spacial score (nSPS) is 9.82. The molecule has 0 saturated heterocycles. The Labute approximate surface area is 124 Å². The Hall–Kier alpha value is -3.35. The highest BCUT2D eigenvalue weighted by molar-refractivity contribution is 6.09. The van der Waals surface area contributed by atoms with Crippen molar-refractivity contribution in [1.29, 1.82) is 0 Å². The molecule has 0 unspecified atom stereocenters. The van der Waals surface area contributed by atoms with Crippen LogP contribution in [0, 0.1) is 0 Å². The van der Waals surface area contributed by atoms with E-state index in [0.717, 1.165) is 0 Å². The zero-order valence-electron chi connectivity index (χ0n) is 11.0. The van der Waals surface area contributed by atoms with E-state index in [1.54, 1.807) is 0 Å². The van der Waals surface area contributed by atoms with Crippen LogP contribution in [0.25, 0.3) is 0 Å². The van der Waals surface area contributed by atoms with Gasteiger partial charge in [0.1, 0.15) is 5.75 Å². The van der Waals surface area contributed by atoms with Crippen LogP contribution in [0.2, 0.25) is 0 Å². The Balaban J connectivity index is 2.13. The van der Waals surface area contributed by atoms with Gasteiger partial charge in [-0.15, -0.1) is 0 Å². The van der Waals surface area contributed by atoms with E-state index in [4.69, 9.17) is 5.11 Å². The van der Waals surface area contributed by atoms with Crippen LogP contribution in [-0.4, -0.2) is 23.2 Å². The van der Waals surface area contributed by atoms with Crippen LogP contribution >= 0.6 is 0 Å². The summed E-state index contributed by atoms with van der Waals surface area (Å²) in [6.07, 6.45) is -3.13. The molecule has 0 aromatic heterocycles. The fraction of sp³-hybridized carbons (Fsp3) is 0. The molecule has 0 heterocycles. The van der Waals surface area contributed by atoms with E-state index >= 15 is 0 Å². The first-order valence-electron chi connectivity index (χ1n) is 6.00. The average Bonchev–Trinajstić information content (AvgIpc) is 2.47. The fourth-order valence-electron chi connectivity index (χ4n) is 1.71. The Kier molecular flexibility index (Phi) is 4.38. The predicted molar refractivity (Wildman–Crippen MR) is 71.0 cm³/mol. The van der Waals surface area contributed by atoms with E-state index in [-0.39, 0.29) is 17.3 Å². The minimum atomic E-state index is -1.69. The average molecular weight is 301 g/mol. The second-order valence-electron chi connectivity index (χ2n) is 4.10. The number of carbonyl (C=O) groups excluding carboxylic acids is 2. The third kappa shape index (κ3) is 3.83. The summed E-state index contributed by atoms with van der Waals surface area (Å²) in [7, 11) is 0. The standard InChI is InChI=1S/C15H10O7/c16-13(9-1-5-11(6-2-9)21-14(17)18)10-3-7-12(8-4-10)22-15(19)20/h1-8H,(H,17,18)(H,19,20)/p-1. The Morgan fingerprint density at radius 2 is 1.18 bits per heavy atom. The van der Waals surface area contributed by atoms with E-state index in [2.05, 4.69) is 9.47 Å². The van der Waals surface area contributed by atoms with Crippen molar-refractivity contribution < 1.29 is 34.1 Å². The lowest BCUT2D eigenvalue weighted by molar-refractivity contribution is -0.271. The summed E-state index contributed by atoms with van der Waals surface area (Å²) in [5, 5.41) is 18.7. The van der Waals surface area contributed by atoms with Gasteiger partial charge >= 0.3 is 6.16 Å².